The van der Waals surface area contributed by atoms with Crippen LogP contribution in [0.1, 0.15) is 11.1 Å². The van der Waals surface area contributed by atoms with Crippen molar-refractivity contribution < 1.29 is 17.9 Å². The molecule has 4 rings (SSSR count). The minimum atomic E-state index is -4.03. The van der Waals surface area contributed by atoms with Gasteiger partial charge in [0.2, 0.25) is 9.84 Å². The highest BCUT2D eigenvalue weighted by molar-refractivity contribution is 7.91. The number of sulfone groups is 1. The molecule has 10 nitrogen and oxygen atoms in total. The summed E-state index contributed by atoms with van der Waals surface area (Å²) in [5.74, 6) is 0.850. The second-order valence-corrected chi connectivity index (χ2v) is 9.86. The number of hydrogen-bond acceptors (Lipinski definition) is 8. The molecule has 0 saturated heterocycles. The standard InChI is InChI=1S/C28H16N6O4S/c1-33-25-8-5-20(12-26(25)34-2)38-28-10-7-22(14-24(28)32)39(35,36)21-6-9-27(23(31)13-21)37-19-4-3-17(15-29)18(11-19)16-30/h3-14H,31-32H2. The van der Waals surface area contributed by atoms with Gasteiger partial charge >= 0.3 is 0 Å². The first-order valence-electron chi connectivity index (χ1n) is 10.9. The molecular weight excluding hydrogens is 516 g/mol. The molecule has 4 aromatic rings. The summed E-state index contributed by atoms with van der Waals surface area (Å²) in [4.78, 5) is 6.37. The van der Waals surface area contributed by atoms with E-state index in [4.69, 9.17) is 39.3 Å². The maximum Gasteiger partial charge on any atom is 0.206 e. The Hall–Kier alpha value is -6.01. The molecule has 0 radical (unpaired) electrons. The number of anilines is 2. The largest absolute Gasteiger partial charge is 0.457 e. The molecule has 0 atom stereocenters. The average molecular weight is 533 g/mol. The summed E-state index contributed by atoms with van der Waals surface area (Å²) in [5, 5.41) is 18.3. The van der Waals surface area contributed by atoms with Crippen molar-refractivity contribution in [3.8, 4) is 35.1 Å². The van der Waals surface area contributed by atoms with Crippen LogP contribution in [-0.2, 0) is 9.84 Å². The summed E-state index contributed by atoms with van der Waals surface area (Å²) >= 11 is 0. The Bertz CT molecular complexity index is 1780. The Morgan fingerprint density at radius 2 is 1.18 bits per heavy atom. The van der Waals surface area contributed by atoms with Crippen molar-refractivity contribution in [2.75, 3.05) is 11.5 Å². The molecule has 0 heterocycles. The molecule has 0 aromatic heterocycles. The van der Waals surface area contributed by atoms with Crippen LogP contribution >= 0.6 is 0 Å². The predicted molar refractivity (Wildman–Crippen MR) is 142 cm³/mol. The van der Waals surface area contributed by atoms with Gasteiger partial charge in [0.25, 0.3) is 0 Å². The van der Waals surface area contributed by atoms with Crippen LogP contribution in [0.25, 0.3) is 9.69 Å². The number of ether oxygens (including phenoxy) is 2. The Morgan fingerprint density at radius 1 is 0.667 bits per heavy atom. The van der Waals surface area contributed by atoms with Crippen molar-refractivity contribution in [1.82, 2.24) is 0 Å². The molecule has 11 heteroatoms. The lowest BCUT2D eigenvalue weighted by molar-refractivity contribution is 0.484. The molecule has 0 unspecified atom stereocenters. The zero-order chi connectivity index (χ0) is 28.2. The Kier molecular flexibility index (Phi) is 7.04. The van der Waals surface area contributed by atoms with Crippen molar-refractivity contribution in [3.05, 3.63) is 107 Å². The summed E-state index contributed by atoms with van der Waals surface area (Å²) in [7, 11) is -4.03. The summed E-state index contributed by atoms with van der Waals surface area (Å²) < 4.78 is 37.9. The van der Waals surface area contributed by atoms with E-state index in [1.165, 1.54) is 72.8 Å². The molecule has 0 aliphatic rings. The van der Waals surface area contributed by atoms with E-state index < -0.39 is 9.84 Å². The van der Waals surface area contributed by atoms with Crippen molar-refractivity contribution in [1.29, 1.82) is 10.5 Å². The number of hydrogen-bond donors (Lipinski definition) is 2. The van der Waals surface area contributed by atoms with Gasteiger partial charge in [-0.2, -0.15) is 10.5 Å². The lowest BCUT2D eigenvalue weighted by Crippen LogP contribution is -2.05. The quantitative estimate of drug-likeness (QED) is 0.222. The third-order valence-corrected chi connectivity index (χ3v) is 7.21. The van der Waals surface area contributed by atoms with Gasteiger partial charge in [-0.3, -0.25) is 4.85 Å². The monoisotopic (exact) mass is 532 g/mol. The van der Waals surface area contributed by atoms with Gasteiger partial charge < -0.3 is 20.9 Å². The molecule has 0 amide bonds. The van der Waals surface area contributed by atoms with Crippen molar-refractivity contribution >= 4 is 32.6 Å². The summed E-state index contributed by atoms with van der Waals surface area (Å²) in [6, 6.07) is 20.4. The lowest BCUT2D eigenvalue weighted by atomic mass is 10.1. The molecule has 0 saturated carbocycles. The van der Waals surface area contributed by atoms with E-state index in [1.54, 1.807) is 0 Å². The molecule has 0 fully saturated rings. The van der Waals surface area contributed by atoms with E-state index in [-0.39, 0.29) is 66.7 Å². The number of rotatable bonds is 6. The maximum absolute atomic E-state index is 13.3. The van der Waals surface area contributed by atoms with E-state index in [2.05, 4.69) is 9.69 Å². The minimum Gasteiger partial charge on any atom is -0.457 e. The summed E-state index contributed by atoms with van der Waals surface area (Å²) in [6.45, 7) is 14.3. The first-order chi connectivity index (χ1) is 18.7. The van der Waals surface area contributed by atoms with Gasteiger partial charge in [-0.15, -0.1) is 0 Å². The topological polar surface area (TPSA) is 161 Å². The van der Waals surface area contributed by atoms with Gasteiger partial charge in [-0.25, -0.2) is 13.3 Å². The first kappa shape index (κ1) is 26.1. The fourth-order valence-electron chi connectivity index (χ4n) is 3.49. The van der Waals surface area contributed by atoms with Crippen molar-refractivity contribution in [2.45, 2.75) is 9.79 Å². The normalized spacial score (nSPS) is 10.4. The van der Waals surface area contributed by atoms with Crippen LogP contribution in [0.2, 0.25) is 0 Å². The van der Waals surface area contributed by atoms with Crippen molar-refractivity contribution in [2.24, 2.45) is 0 Å². The molecule has 0 aliphatic heterocycles. The zero-order valence-corrected chi connectivity index (χ0v) is 20.7. The molecule has 4 N–H and O–H groups in total. The van der Waals surface area contributed by atoms with E-state index >= 15 is 0 Å². The molecule has 188 valence electrons. The average Bonchev–Trinajstić information content (AvgIpc) is 2.94. The second-order valence-electron chi connectivity index (χ2n) is 7.91. The van der Waals surface area contributed by atoms with E-state index in [1.807, 2.05) is 12.1 Å². The molecule has 39 heavy (non-hydrogen) atoms. The number of benzene rings is 4. The van der Waals surface area contributed by atoms with Gasteiger partial charge in [-0.05, 0) is 66.7 Å². The predicted octanol–water partition coefficient (Wildman–Crippen LogP) is 6.11. The first-order valence-corrected chi connectivity index (χ1v) is 12.4. The Labute approximate surface area is 224 Å². The minimum absolute atomic E-state index is 0.0327. The van der Waals surface area contributed by atoms with Crippen LogP contribution in [0.3, 0.4) is 0 Å². The molecule has 0 bridgehead atoms. The number of nitriles is 2. The highest BCUT2D eigenvalue weighted by Crippen LogP contribution is 2.37. The van der Waals surface area contributed by atoms with Crippen LogP contribution in [0.5, 0.6) is 23.0 Å². The highest BCUT2D eigenvalue weighted by atomic mass is 32.2. The fourth-order valence-corrected chi connectivity index (χ4v) is 4.82. The van der Waals surface area contributed by atoms with Gasteiger partial charge in [-0.1, -0.05) is 6.07 Å². The van der Waals surface area contributed by atoms with Crippen molar-refractivity contribution in [3.63, 3.8) is 0 Å². The maximum atomic E-state index is 13.3. The number of nitrogens with two attached hydrogens (primary N) is 2. The van der Waals surface area contributed by atoms with E-state index in [0.29, 0.717) is 0 Å². The zero-order valence-electron chi connectivity index (χ0n) is 19.9. The Morgan fingerprint density at radius 3 is 1.67 bits per heavy atom. The van der Waals surface area contributed by atoms with Crippen LogP contribution in [0, 0.1) is 35.8 Å². The third-order valence-electron chi connectivity index (χ3n) is 5.46. The summed E-state index contributed by atoms with van der Waals surface area (Å²) in [6.07, 6.45) is 0. The summed E-state index contributed by atoms with van der Waals surface area (Å²) in [5.41, 5.74) is 12.8. The van der Waals surface area contributed by atoms with Gasteiger partial charge in [0.05, 0.1) is 45.4 Å². The fraction of sp³-hybridized carbons (Fsp3) is 0. The third kappa shape index (κ3) is 5.26. The van der Waals surface area contributed by atoms with Crippen LogP contribution in [-0.4, -0.2) is 8.42 Å². The smallest absolute Gasteiger partial charge is 0.206 e. The number of nitrogens with zero attached hydrogens (tertiary/aromatic N) is 4. The van der Waals surface area contributed by atoms with Gasteiger partial charge in [0.1, 0.15) is 35.1 Å². The van der Waals surface area contributed by atoms with Gasteiger partial charge in [0, 0.05) is 0 Å². The molecule has 0 spiro atoms. The molecule has 0 aliphatic carbocycles. The second kappa shape index (κ2) is 10.5. The van der Waals surface area contributed by atoms with E-state index in [9.17, 15) is 13.7 Å². The molecular formula is C28H16N6O4S. The van der Waals surface area contributed by atoms with Crippen LogP contribution in [0.15, 0.2) is 82.6 Å². The number of nitrogen functional groups attached to an aromatic ring is 2. The lowest BCUT2D eigenvalue weighted by Gasteiger charge is -2.13. The van der Waals surface area contributed by atoms with Crippen LogP contribution < -0.4 is 20.9 Å². The Balaban J connectivity index is 1.58. The van der Waals surface area contributed by atoms with Crippen LogP contribution in [0.4, 0.5) is 22.7 Å². The van der Waals surface area contributed by atoms with E-state index in [0.717, 1.165) is 0 Å². The molecule has 4 aromatic carbocycles. The highest BCUT2D eigenvalue weighted by Gasteiger charge is 2.21. The SMILES string of the molecule is [C-]#[N+]c1ccc(Oc2ccc(S(=O)(=O)c3ccc(Oc4ccc(C#N)c(C#N)c4)c(N)c3)cc2N)cc1[N+]#[C-]. The van der Waals surface area contributed by atoms with Gasteiger partial charge in [0.15, 0.2) is 11.4 Å².